The molecule has 0 amide bonds. The van der Waals surface area contributed by atoms with Crippen LogP contribution < -0.4 is 5.73 Å². The first-order chi connectivity index (χ1) is 5.34. The van der Waals surface area contributed by atoms with E-state index in [-0.39, 0.29) is 0 Å². The highest BCUT2D eigenvalue weighted by Crippen LogP contribution is 2.29. The van der Waals surface area contributed by atoms with Gasteiger partial charge in [-0.15, -0.1) is 0 Å². The summed E-state index contributed by atoms with van der Waals surface area (Å²) in [7, 11) is 0. The van der Waals surface area contributed by atoms with E-state index in [2.05, 4.69) is 5.16 Å². The maximum atomic E-state index is 5.38. The van der Waals surface area contributed by atoms with Gasteiger partial charge in [-0.25, -0.2) is 0 Å². The van der Waals surface area contributed by atoms with Crippen LogP contribution in [0.1, 0.15) is 25.0 Å². The van der Waals surface area contributed by atoms with Crippen molar-refractivity contribution in [2.45, 2.75) is 25.7 Å². The van der Waals surface area contributed by atoms with Crippen molar-refractivity contribution in [1.82, 2.24) is 5.16 Å². The summed E-state index contributed by atoms with van der Waals surface area (Å²) in [6.45, 7) is 0. The molecule has 0 radical (unpaired) electrons. The molecular formula is C8H12N2O. The maximum absolute atomic E-state index is 5.38. The molecule has 1 fully saturated rings. The molecule has 60 valence electrons. The smallest absolute Gasteiger partial charge is 0.222 e. The standard InChI is InChI=1S/C8H12N2O/c9-8-5-7(10-11-8)4-6-2-1-3-6/h5-6H,1-4,9H2. The summed E-state index contributed by atoms with van der Waals surface area (Å²) < 4.78 is 4.76. The molecule has 2 N–H and O–H groups in total. The number of hydrogen-bond acceptors (Lipinski definition) is 3. The number of nitrogens with two attached hydrogens (primary N) is 1. The van der Waals surface area contributed by atoms with Crippen LogP contribution in [0.4, 0.5) is 5.88 Å². The maximum Gasteiger partial charge on any atom is 0.222 e. The number of anilines is 1. The van der Waals surface area contributed by atoms with E-state index in [1.165, 1.54) is 19.3 Å². The molecule has 0 spiro atoms. The van der Waals surface area contributed by atoms with Crippen LogP contribution in [-0.2, 0) is 6.42 Å². The van der Waals surface area contributed by atoms with E-state index in [4.69, 9.17) is 10.3 Å². The van der Waals surface area contributed by atoms with Crippen LogP contribution in [0.5, 0.6) is 0 Å². The fourth-order valence-electron chi connectivity index (χ4n) is 1.42. The van der Waals surface area contributed by atoms with Crippen molar-refractivity contribution in [2.24, 2.45) is 5.92 Å². The van der Waals surface area contributed by atoms with E-state index >= 15 is 0 Å². The van der Waals surface area contributed by atoms with Gasteiger partial charge in [-0.3, -0.25) is 0 Å². The predicted molar refractivity (Wildman–Crippen MR) is 42.0 cm³/mol. The molecule has 0 aromatic carbocycles. The molecule has 1 heterocycles. The van der Waals surface area contributed by atoms with E-state index < -0.39 is 0 Å². The van der Waals surface area contributed by atoms with Crippen molar-refractivity contribution >= 4 is 5.88 Å². The number of nitrogen functional groups attached to an aromatic ring is 1. The lowest BCUT2D eigenvalue weighted by atomic mass is 9.82. The number of rotatable bonds is 2. The second-order valence-electron chi connectivity index (χ2n) is 3.22. The topological polar surface area (TPSA) is 52.0 Å². The lowest BCUT2D eigenvalue weighted by Gasteiger charge is -2.23. The van der Waals surface area contributed by atoms with Crippen LogP contribution in [0, 0.1) is 5.92 Å². The fraction of sp³-hybridized carbons (Fsp3) is 0.625. The van der Waals surface area contributed by atoms with Gasteiger partial charge < -0.3 is 10.3 Å². The van der Waals surface area contributed by atoms with Gasteiger partial charge >= 0.3 is 0 Å². The lowest BCUT2D eigenvalue weighted by molar-refractivity contribution is 0.305. The van der Waals surface area contributed by atoms with E-state index in [1.807, 2.05) is 6.07 Å². The van der Waals surface area contributed by atoms with Crippen LogP contribution >= 0.6 is 0 Å². The minimum absolute atomic E-state index is 0.430. The Hall–Kier alpha value is -0.990. The molecule has 2 rings (SSSR count). The third-order valence-corrected chi connectivity index (χ3v) is 2.30. The average molecular weight is 152 g/mol. The van der Waals surface area contributed by atoms with E-state index in [9.17, 15) is 0 Å². The molecule has 1 aromatic heterocycles. The monoisotopic (exact) mass is 152 g/mol. The van der Waals surface area contributed by atoms with Crippen LogP contribution in [-0.4, -0.2) is 5.16 Å². The van der Waals surface area contributed by atoms with Gasteiger partial charge in [0.25, 0.3) is 0 Å². The highest BCUT2D eigenvalue weighted by atomic mass is 16.5. The van der Waals surface area contributed by atoms with E-state index in [0.29, 0.717) is 5.88 Å². The van der Waals surface area contributed by atoms with Crippen molar-refractivity contribution < 1.29 is 4.52 Å². The molecule has 0 unspecified atom stereocenters. The number of aromatic nitrogens is 1. The van der Waals surface area contributed by atoms with Crippen molar-refractivity contribution in [3.63, 3.8) is 0 Å². The third kappa shape index (κ3) is 1.37. The molecule has 3 nitrogen and oxygen atoms in total. The first-order valence-corrected chi connectivity index (χ1v) is 4.05. The number of nitrogens with zero attached hydrogens (tertiary/aromatic N) is 1. The molecule has 0 aliphatic heterocycles. The minimum atomic E-state index is 0.430. The zero-order chi connectivity index (χ0) is 7.68. The summed E-state index contributed by atoms with van der Waals surface area (Å²) in [6, 6.07) is 1.82. The van der Waals surface area contributed by atoms with Gasteiger partial charge in [-0.2, -0.15) is 0 Å². The van der Waals surface area contributed by atoms with Crippen molar-refractivity contribution in [3.05, 3.63) is 11.8 Å². The zero-order valence-corrected chi connectivity index (χ0v) is 6.42. The van der Waals surface area contributed by atoms with Crippen molar-refractivity contribution in [1.29, 1.82) is 0 Å². The Labute approximate surface area is 65.6 Å². The van der Waals surface area contributed by atoms with Gasteiger partial charge in [0.1, 0.15) is 0 Å². The molecule has 11 heavy (non-hydrogen) atoms. The first-order valence-electron chi connectivity index (χ1n) is 4.05. The molecule has 1 aromatic rings. The lowest BCUT2D eigenvalue weighted by Crippen LogP contribution is -2.13. The summed E-state index contributed by atoms with van der Waals surface area (Å²) in [4.78, 5) is 0. The summed E-state index contributed by atoms with van der Waals surface area (Å²) in [5.41, 5.74) is 6.39. The van der Waals surface area contributed by atoms with Gasteiger partial charge in [0.2, 0.25) is 5.88 Å². The summed E-state index contributed by atoms with van der Waals surface area (Å²) in [6.07, 6.45) is 5.10. The fourth-order valence-corrected chi connectivity index (χ4v) is 1.42. The van der Waals surface area contributed by atoms with Gasteiger partial charge in [0, 0.05) is 6.07 Å². The second-order valence-corrected chi connectivity index (χ2v) is 3.22. The Morgan fingerprint density at radius 2 is 2.45 bits per heavy atom. The van der Waals surface area contributed by atoms with Crippen LogP contribution in [0.15, 0.2) is 10.6 Å². The molecule has 0 bridgehead atoms. The molecular weight excluding hydrogens is 140 g/mol. The third-order valence-electron chi connectivity index (χ3n) is 2.30. The zero-order valence-electron chi connectivity index (χ0n) is 6.42. The number of hydrogen-bond donors (Lipinski definition) is 1. The van der Waals surface area contributed by atoms with Gasteiger partial charge in [0.05, 0.1) is 5.69 Å². The first kappa shape index (κ1) is 6.70. The van der Waals surface area contributed by atoms with Gasteiger partial charge in [-0.1, -0.05) is 24.4 Å². The Bertz CT molecular complexity index is 240. The molecule has 3 heteroatoms. The Balaban J connectivity index is 1.95. The predicted octanol–water partition coefficient (Wildman–Crippen LogP) is 1.60. The Kier molecular flexibility index (Phi) is 1.56. The second kappa shape index (κ2) is 2.57. The Morgan fingerprint density at radius 1 is 1.64 bits per heavy atom. The molecule has 0 atom stereocenters. The highest BCUT2D eigenvalue weighted by Gasteiger charge is 2.19. The average Bonchev–Trinajstić information content (AvgIpc) is 2.27. The molecule has 1 saturated carbocycles. The largest absolute Gasteiger partial charge is 0.368 e. The van der Waals surface area contributed by atoms with Gasteiger partial charge in [0.15, 0.2) is 0 Å². The van der Waals surface area contributed by atoms with E-state index in [1.54, 1.807) is 0 Å². The van der Waals surface area contributed by atoms with Crippen molar-refractivity contribution in [2.75, 3.05) is 5.73 Å². The summed E-state index contributed by atoms with van der Waals surface area (Å²) in [5, 5.41) is 3.84. The normalized spacial score (nSPS) is 18.2. The summed E-state index contributed by atoms with van der Waals surface area (Å²) in [5.74, 6) is 1.26. The molecule has 1 aliphatic carbocycles. The molecule has 1 aliphatic rings. The SMILES string of the molecule is Nc1cc(CC2CCC2)no1. The summed E-state index contributed by atoms with van der Waals surface area (Å²) >= 11 is 0. The quantitative estimate of drug-likeness (QED) is 0.700. The van der Waals surface area contributed by atoms with Crippen molar-refractivity contribution in [3.8, 4) is 0 Å². The Morgan fingerprint density at radius 3 is 2.91 bits per heavy atom. The molecule has 0 saturated heterocycles. The van der Waals surface area contributed by atoms with Crippen LogP contribution in [0.2, 0.25) is 0 Å². The van der Waals surface area contributed by atoms with Crippen LogP contribution in [0.25, 0.3) is 0 Å². The highest BCUT2D eigenvalue weighted by molar-refractivity contribution is 5.24. The minimum Gasteiger partial charge on any atom is -0.368 e. The van der Waals surface area contributed by atoms with Crippen LogP contribution in [0.3, 0.4) is 0 Å². The van der Waals surface area contributed by atoms with E-state index in [0.717, 1.165) is 18.0 Å². The van der Waals surface area contributed by atoms with Gasteiger partial charge in [-0.05, 0) is 12.3 Å².